The third-order valence-corrected chi connectivity index (χ3v) is 7.88. The molecule has 0 spiro atoms. The Balaban J connectivity index is 0.00000201. The Hall–Kier alpha value is -2.99. The van der Waals surface area contributed by atoms with Gasteiger partial charge < -0.3 is 10.1 Å². The SMILES string of the molecule is C=C.C=C(SC(=NC)c1ccc(OC(C)C)c(C#N)c1)c1cccc2c1CCCC2NSCC(=O)NCCC.CC. The third-order valence-electron chi connectivity index (χ3n) is 5.94. The molecule has 0 aliphatic heterocycles. The van der Waals surface area contributed by atoms with E-state index < -0.39 is 0 Å². The Morgan fingerprint density at radius 1 is 1.24 bits per heavy atom. The number of fused-ring (bicyclic) bond motifs is 1. The smallest absolute Gasteiger partial charge is 0.231 e. The van der Waals surface area contributed by atoms with E-state index in [4.69, 9.17) is 4.74 Å². The largest absolute Gasteiger partial charge is 0.490 e. The van der Waals surface area contributed by atoms with Crippen molar-refractivity contribution in [1.82, 2.24) is 10.0 Å². The van der Waals surface area contributed by atoms with Gasteiger partial charge in [0.2, 0.25) is 5.91 Å². The molecule has 0 heterocycles. The standard InChI is InChI=1S/C29H36N4O2S2.C2H6.C2H4/c1-6-15-32-28(34)18-36-33-26-12-8-10-24-23(9-7-11-25(24)26)20(4)37-29(31-5)21-13-14-27(35-19(2)3)22(16-21)17-30;2*1-2/h7,9,11,13-14,16,19,26,33H,4,6,8,10,12,15,18H2,1-3,5H3,(H,32,34);1-2H3;1-2H2. The maximum absolute atomic E-state index is 12.0. The average Bonchev–Trinajstić information content (AvgIpc) is 3.00. The van der Waals surface area contributed by atoms with Crippen molar-refractivity contribution in [3.05, 3.63) is 84.0 Å². The van der Waals surface area contributed by atoms with Crippen molar-refractivity contribution in [2.24, 2.45) is 4.99 Å². The van der Waals surface area contributed by atoms with Gasteiger partial charge in [0, 0.05) is 30.1 Å². The minimum atomic E-state index is -0.00870. The predicted octanol–water partition coefficient (Wildman–Crippen LogP) is 8.10. The number of ether oxygens (including phenoxy) is 1. The summed E-state index contributed by atoms with van der Waals surface area (Å²) in [6.45, 7) is 21.0. The van der Waals surface area contributed by atoms with Crippen LogP contribution in [0.3, 0.4) is 0 Å². The van der Waals surface area contributed by atoms with Crippen LogP contribution in [0.2, 0.25) is 0 Å². The maximum atomic E-state index is 12.0. The summed E-state index contributed by atoms with van der Waals surface area (Å²) < 4.78 is 9.28. The number of thioether (sulfide) groups is 1. The molecule has 222 valence electrons. The van der Waals surface area contributed by atoms with E-state index in [0.717, 1.165) is 46.8 Å². The summed E-state index contributed by atoms with van der Waals surface area (Å²) in [7, 11) is 1.76. The quantitative estimate of drug-likeness (QED) is 0.118. The summed E-state index contributed by atoms with van der Waals surface area (Å²) in [5.41, 5.74) is 5.05. The minimum absolute atomic E-state index is 0.00870. The molecule has 6 nitrogen and oxygen atoms in total. The Labute approximate surface area is 256 Å². The van der Waals surface area contributed by atoms with Gasteiger partial charge in [-0.15, -0.1) is 13.2 Å². The summed E-state index contributed by atoms with van der Waals surface area (Å²) in [6.07, 6.45) is 4.02. The van der Waals surface area contributed by atoms with Crippen molar-refractivity contribution in [1.29, 1.82) is 5.26 Å². The van der Waals surface area contributed by atoms with E-state index >= 15 is 0 Å². The van der Waals surface area contributed by atoms with E-state index in [1.807, 2.05) is 52.8 Å². The lowest BCUT2D eigenvalue weighted by Gasteiger charge is -2.28. The summed E-state index contributed by atoms with van der Waals surface area (Å²) in [4.78, 5) is 17.4. The van der Waals surface area contributed by atoms with E-state index in [2.05, 4.69) is 59.0 Å². The lowest BCUT2D eigenvalue weighted by atomic mass is 9.85. The van der Waals surface area contributed by atoms with Crippen LogP contribution >= 0.6 is 23.7 Å². The highest BCUT2D eigenvalue weighted by molar-refractivity contribution is 8.22. The number of amides is 1. The zero-order valence-corrected chi connectivity index (χ0v) is 27.1. The molecule has 8 heteroatoms. The van der Waals surface area contributed by atoms with Crippen LogP contribution in [-0.4, -0.2) is 36.4 Å². The van der Waals surface area contributed by atoms with Crippen molar-refractivity contribution in [3.8, 4) is 11.8 Å². The fourth-order valence-corrected chi connectivity index (χ4v) is 5.90. The number of carbonyl (C=O) groups is 1. The van der Waals surface area contributed by atoms with Crippen LogP contribution in [0, 0.1) is 11.3 Å². The van der Waals surface area contributed by atoms with Gasteiger partial charge in [0.1, 0.15) is 16.9 Å². The van der Waals surface area contributed by atoms with E-state index in [-0.39, 0.29) is 18.1 Å². The van der Waals surface area contributed by atoms with Gasteiger partial charge in [-0.25, -0.2) is 0 Å². The lowest BCUT2D eigenvalue weighted by Crippen LogP contribution is -2.28. The monoisotopic (exact) mass is 594 g/mol. The fraction of sp³-hybridized carbons (Fsp3) is 0.424. The second kappa shape index (κ2) is 20.0. The topological polar surface area (TPSA) is 86.5 Å². The Morgan fingerprint density at radius 3 is 2.61 bits per heavy atom. The van der Waals surface area contributed by atoms with Gasteiger partial charge in [-0.3, -0.25) is 14.5 Å². The zero-order chi connectivity index (χ0) is 30.8. The number of nitrogens with one attached hydrogen (secondary N) is 2. The van der Waals surface area contributed by atoms with Crippen molar-refractivity contribution in [2.45, 2.75) is 72.4 Å². The number of hydrogen-bond donors (Lipinski definition) is 2. The predicted molar refractivity (Wildman–Crippen MR) is 180 cm³/mol. The molecule has 0 aromatic heterocycles. The van der Waals surface area contributed by atoms with E-state index in [9.17, 15) is 10.1 Å². The molecular weight excluding hydrogens is 549 g/mol. The van der Waals surface area contributed by atoms with Crippen LogP contribution in [-0.2, 0) is 11.2 Å². The Morgan fingerprint density at radius 2 is 1.98 bits per heavy atom. The first-order valence-corrected chi connectivity index (χ1v) is 16.0. The van der Waals surface area contributed by atoms with Gasteiger partial charge >= 0.3 is 0 Å². The van der Waals surface area contributed by atoms with Gasteiger partial charge in [-0.2, -0.15) is 5.26 Å². The summed E-state index contributed by atoms with van der Waals surface area (Å²) in [5, 5.41) is 13.4. The van der Waals surface area contributed by atoms with E-state index in [0.29, 0.717) is 23.6 Å². The molecule has 0 saturated heterocycles. The van der Waals surface area contributed by atoms with Crippen molar-refractivity contribution in [3.63, 3.8) is 0 Å². The second-order valence-electron chi connectivity index (χ2n) is 9.12. The highest BCUT2D eigenvalue weighted by atomic mass is 32.2. The molecule has 3 rings (SSSR count). The molecule has 1 aliphatic rings. The molecule has 1 unspecified atom stereocenters. The minimum Gasteiger partial charge on any atom is -0.490 e. The lowest BCUT2D eigenvalue weighted by molar-refractivity contribution is -0.118. The van der Waals surface area contributed by atoms with E-state index in [1.54, 1.807) is 7.05 Å². The zero-order valence-electron chi connectivity index (χ0n) is 25.5. The molecule has 1 amide bonds. The van der Waals surface area contributed by atoms with E-state index in [1.165, 1.54) is 34.8 Å². The summed E-state index contributed by atoms with van der Waals surface area (Å²) in [6, 6.07) is 14.4. The highest BCUT2D eigenvalue weighted by Gasteiger charge is 2.24. The van der Waals surface area contributed by atoms with Crippen LogP contribution in [0.15, 0.2) is 61.1 Å². The van der Waals surface area contributed by atoms with Gasteiger partial charge in [0.25, 0.3) is 0 Å². The molecule has 0 saturated carbocycles. The van der Waals surface area contributed by atoms with Crippen LogP contribution in [0.25, 0.3) is 4.91 Å². The number of hydrogen-bond acceptors (Lipinski definition) is 7. The highest BCUT2D eigenvalue weighted by Crippen LogP contribution is 2.39. The van der Waals surface area contributed by atoms with Crippen molar-refractivity contribution in [2.75, 3.05) is 19.3 Å². The number of carbonyl (C=O) groups excluding carboxylic acids is 1. The molecule has 2 aromatic carbocycles. The van der Waals surface area contributed by atoms with Crippen LogP contribution in [0.4, 0.5) is 0 Å². The van der Waals surface area contributed by atoms with Crippen LogP contribution in [0.5, 0.6) is 5.75 Å². The van der Waals surface area contributed by atoms with Gasteiger partial charge in [0.15, 0.2) is 0 Å². The number of nitriles is 1. The van der Waals surface area contributed by atoms with Gasteiger partial charge in [-0.1, -0.05) is 69.3 Å². The second-order valence-corrected chi connectivity index (χ2v) is 11.0. The molecule has 2 aromatic rings. The maximum Gasteiger partial charge on any atom is 0.231 e. The third kappa shape index (κ3) is 11.1. The van der Waals surface area contributed by atoms with Crippen LogP contribution in [0.1, 0.15) is 87.7 Å². The molecular formula is C33H46N4O2S2. The fourth-order valence-electron chi connectivity index (χ4n) is 4.27. The Kier molecular flexibility index (Phi) is 17.6. The van der Waals surface area contributed by atoms with Gasteiger partial charge in [-0.05, 0) is 74.4 Å². The molecule has 0 fully saturated rings. The first-order chi connectivity index (χ1) is 19.9. The molecule has 0 bridgehead atoms. The molecule has 2 N–H and O–H groups in total. The first-order valence-electron chi connectivity index (χ1n) is 14.2. The summed E-state index contributed by atoms with van der Waals surface area (Å²) in [5.74, 6) is 1.04. The molecule has 0 radical (unpaired) electrons. The number of benzene rings is 2. The first kappa shape index (κ1) is 36.0. The average molecular weight is 595 g/mol. The van der Waals surface area contributed by atoms with Crippen molar-refractivity contribution < 1.29 is 9.53 Å². The molecule has 1 aliphatic carbocycles. The van der Waals surface area contributed by atoms with Crippen LogP contribution < -0.4 is 14.8 Å². The number of nitrogens with zero attached hydrogens (tertiary/aromatic N) is 2. The normalized spacial score (nSPS) is 13.9. The van der Waals surface area contributed by atoms with Crippen molar-refractivity contribution >= 4 is 39.6 Å². The van der Waals surface area contributed by atoms with Gasteiger partial charge in [0.05, 0.1) is 17.4 Å². The number of aliphatic imine (C=N–C) groups is 1. The number of rotatable bonds is 11. The molecule has 1 atom stereocenters. The summed E-state index contributed by atoms with van der Waals surface area (Å²) >= 11 is 2.99. The Bertz CT molecular complexity index is 1200. The molecule has 41 heavy (non-hydrogen) atoms.